The Morgan fingerprint density at radius 1 is 1.08 bits per heavy atom. The Kier molecular flexibility index (Phi) is 4.74. The monoisotopic (exact) mass is 352 g/mol. The molecule has 0 aromatic carbocycles. The molecule has 3 rings (SSSR count). The number of hydrogen-bond acceptors (Lipinski definition) is 6. The highest BCUT2D eigenvalue weighted by Crippen LogP contribution is 2.23. The van der Waals surface area contributed by atoms with Gasteiger partial charge in [-0.3, -0.25) is 4.79 Å². The molecule has 3 aromatic heterocycles. The molecule has 0 radical (unpaired) electrons. The maximum Gasteiger partial charge on any atom is 0.275 e. The predicted octanol–water partition coefficient (Wildman–Crippen LogP) is 2.58. The van der Waals surface area contributed by atoms with Gasteiger partial charge in [-0.05, 0) is 36.4 Å². The topological polar surface area (TPSA) is 97.0 Å². The van der Waals surface area contributed by atoms with E-state index in [4.69, 9.17) is 5.73 Å². The number of anilines is 3. The molecule has 0 spiro atoms. The van der Waals surface area contributed by atoms with E-state index in [0.29, 0.717) is 16.9 Å². The molecule has 132 valence electrons. The fourth-order valence-corrected chi connectivity index (χ4v) is 2.21. The number of amides is 1. The van der Waals surface area contributed by atoms with Gasteiger partial charge < -0.3 is 16.0 Å². The lowest BCUT2D eigenvalue weighted by Crippen LogP contribution is -2.17. The van der Waals surface area contributed by atoms with Gasteiger partial charge in [0, 0.05) is 25.9 Å². The smallest absolute Gasteiger partial charge is 0.275 e. The van der Waals surface area contributed by atoms with Crippen LogP contribution >= 0.6 is 0 Å². The first-order chi connectivity index (χ1) is 12.4. The van der Waals surface area contributed by atoms with Crippen molar-refractivity contribution in [2.75, 3.05) is 30.0 Å². The van der Waals surface area contributed by atoms with E-state index < -0.39 is 11.9 Å². The van der Waals surface area contributed by atoms with Crippen LogP contribution in [0.4, 0.5) is 21.6 Å². The second-order valence-corrected chi connectivity index (χ2v) is 5.75. The van der Waals surface area contributed by atoms with E-state index in [-0.39, 0.29) is 11.5 Å². The van der Waals surface area contributed by atoms with Gasteiger partial charge in [0.15, 0.2) is 5.82 Å². The molecule has 1 amide bonds. The minimum absolute atomic E-state index is 0.204. The second kappa shape index (κ2) is 7.14. The van der Waals surface area contributed by atoms with Crippen molar-refractivity contribution in [1.29, 1.82) is 0 Å². The molecular formula is C18H17FN6O. The summed E-state index contributed by atoms with van der Waals surface area (Å²) in [5.74, 6) is -0.802. The van der Waals surface area contributed by atoms with Gasteiger partial charge in [0.25, 0.3) is 5.91 Å². The summed E-state index contributed by atoms with van der Waals surface area (Å²) in [6.45, 7) is 0. The number of nitrogens with one attached hydrogen (secondary N) is 1. The third-order valence-corrected chi connectivity index (χ3v) is 3.68. The summed E-state index contributed by atoms with van der Waals surface area (Å²) in [5, 5.41) is 2.65. The Hall–Kier alpha value is -3.55. The van der Waals surface area contributed by atoms with E-state index in [1.807, 2.05) is 19.0 Å². The zero-order valence-corrected chi connectivity index (χ0v) is 14.3. The Labute approximate surface area is 149 Å². The van der Waals surface area contributed by atoms with Gasteiger partial charge >= 0.3 is 0 Å². The average molecular weight is 352 g/mol. The molecule has 0 aliphatic rings. The summed E-state index contributed by atoms with van der Waals surface area (Å²) in [7, 11) is 3.77. The molecule has 7 nitrogen and oxygen atoms in total. The second-order valence-electron chi connectivity index (χ2n) is 5.75. The summed E-state index contributed by atoms with van der Waals surface area (Å²) in [4.78, 5) is 26.3. The minimum Gasteiger partial charge on any atom is -0.396 e. The van der Waals surface area contributed by atoms with Gasteiger partial charge in [-0.25, -0.2) is 15.0 Å². The number of halogens is 1. The van der Waals surface area contributed by atoms with Crippen LogP contribution < -0.4 is 16.0 Å². The number of rotatable bonds is 4. The standard InChI is InChI=1S/C18H17FN6O/c1-25(2)12-4-6-15(21-10-12)18(26)24-17-13(20)5-7-14(23-17)11-3-8-16(19)22-9-11/h3-10H,20H2,1-2H3,(H,23,24,26). The van der Waals surface area contributed by atoms with Crippen LogP contribution in [0.15, 0.2) is 48.8 Å². The first-order valence-corrected chi connectivity index (χ1v) is 7.77. The maximum atomic E-state index is 13.0. The third kappa shape index (κ3) is 3.75. The molecule has 0 saturated heterocycles. The number of aromatic nitrogens is 3. The molecular weight excluding hydrogens is 335 g/mol. The molecule has 0 bridgehead atoms. The summed E-state index contributed by atoms with van der Waals surface area (Å²) < 4.78 is 13.0. The van der Waals surface area contributed by atoms with Crippen LogP contribution in [0.2, 0.25) is 0 Å². The fourth-order valence-electron chi connectivity index (χ4n) is 2.21. The fraction of sp³-hybridized carbons (Fsp3) is 0.111. The summed E-state index contributed by atoms with van der Waals surface area (Å²) in [5.41, 5.74) is 8.45. The van der Waals surface area contributed by atoms with E-state index in [2.05, 4.69) is 20.3 Å². The molecule has 0 aliphatic carbocycles. The van der Waals surface area contributed by atoms with Crippen molar-refractivity contribution in [3.8, 4) is 11.3 Å². The third-order valence-electron chi connectivity index (χ3n) is 3.68. The molecule has 0 unspecified atom stereocenters. The van der Waals surface area contributed by atoms with Gasteiger partial charge in [-0.1, -0.05) is 0 Å². The highest BCUT2D eigenvalue weighted by molar-refractivity contribution is 6.04. The average Bonchev–Trinajstić information content (AvgIpc) is 2.64. The largest absolute Gasteiger partial charge is 0.396 e. The van der Waals surface area contributed by atoms with E-state index in [9.17, 15) is 9.18 Å². The molecule has 0 aliphatic heterocycles. The molecule has 3 N–H and O–H groups in total. The van der Waals surface area contributed by atoms with Crippen molar-refractivity contribution in [3.63, 3.8) is 0 Å². The Bertz CT molecular complexity index is 925. The number of carbonyl (C=O) groups is 1. The number of carbonyl (C=O) groups excluding carboxylic acids is 1. The number of hydrogen-bond donors (Lipinski definition) is 2. The lowest BCUT2D eigenvalue weighted by atomic mass is 10.2. The summed E-state index contributed by atoms with van der Waals surface area (Å²) in [6, 6.07) is 9.48. The van der Waals surface area contributed by atoms with Gasteiger partial charge in [-0.2, -0.15) is 4.39 Å². The lowest BCUT2D eigenvalue weighted by molar-refractivity contribution is 0.102. The summed E-state index contributed by atoms with van der Waals surface area (Å²) >= 11 is 0. The molecule has 3 aromatic rings. The van der Waals surface area contributed by atoms with Crippen LogP contribution in [0.5, 0.6) is 0 Å². The van der Waals surface area contributed by atoms with Crippen molar-refractivity contribution in [1.82, 2.24) is 15.0 Å². The van der Waals surface area contributed by atoms with Gasteiger partial charge in [0.2, 0.25) is 5.95 Å². The Morgan fingerprint density at radius 2 is 1.88 bits per heavy atom. The molecule has 26 heavy (non-hydrogen) atoms. The number of nitrogen functional groups attached to an aromatic ring is 1. The SMILES string of the molecule is CN(C)c1ccc(C(=O)Nc2nc(-c3ccc(F)nc3)ccc2N)nc1. The number of nitrogens with two attached hydrogens (primary N) is 1. The predicted molar refractivity (Wildman–Crippen MR) is 98.4 cm³/mol. The van der Waals surface area contributed by atoms with Crippen LogP contribution in [0.1, 0.15) is 10.5 Å². The zero-order valence-electron chi connectivity index (χ0n) is 14.3. The van der Waals surface area contributed by atoms with E-state index in [0.717, 1.165) is 5.69 Å². The van der Waals surface area contributed by atoms with E-state index in [1.54, 1.807) is 36.5 Å². The van der Waals surface area contributed by atoms with Crippen molar-refractivity contribution in [2.45, 2.75) is 0 Å². The normalized spacial score (nSPS) is 10.4. The first-order valence-electron chi connectivity index (χ1n) is 7.77. The molecule has 8 heteroatoms. The van der Waals surface area contributed by atoms with Crippen molar-refractivity contribution < 1.29 is 9.18 Å². The van der Waals surface area contributed by atoms with E-state index >= 15 is 0 Å². The van der Waals surface area contributed by atoms with Crippen LogP contribution in [0.25, 0.3) is 11.3 Å². The van der Waals surface area contributed by atoms with E-state index in [1.165, 1.54) is 12.3 Å². The van der Waals surface area contributed by atoms with Gasteiger partial charge in [0.1, 0.15) is 5.69 Å². The molecule has 0 fully saturated rings. The van der Waals surface area contributed by atoms with Crippen molar-refractivity contribution in [2.24, 2.45) is 0 Å². The minimum atomic E-state index is -0.579. The van der Waals surface area contributed by atoms with Gasteiger partial charge in [-0.15, -0.1) is 0 Å². The summed E-state index contributed by atoms with van der Waals surface area (Å²) in [6.07, 6.45) is 2.97. The first kappa shape index (κ1) is 17.3. The Morgan fingerprint density at radius 3 is 2.50 bits per heavy atom. The maximum absolute atomic E-state index is 13.0. The van der Waals surface area contributed by atoms with Crippen LogP contribution in [-0.2, 0) is 0 Å². The molecule has 3 heterocycles. The van der Waals surface area contributed by atoms with Gasteiger partial charge in [0.05, 0.1) is 23.3 Å². The highest BCUT2D eigenvalue weighted by Gasteiger charge is 2.12. The van der Waals surface area contributed by atoms with Crippen molar-refractivity contribution >= 4 is 23.1 Å². The lowest BCUT2D eigenvalue weighted by Gasteiger charge is -2.12. The zero-order chi connectivity index (χ0) is 18.7. The quantitative estimate of drug-likeness (QED) is 0.701. The molecule has 0 atom stereocenters. The number of nitrogens with zero attached hydrogens (tertiary/aromatic N) is 4. The van der Waals surface area contributed by atoms with Crippen LogP contribution in [0.3, 0.4) is 0 Å². The molecule has 0 saturated carbocycles. The van der Waals surface area contributed by atoms with Crippen LogP contribution in [0, 0.1) is 5.95 Å². The number of pyridine rings is 3. The van der Waals surface area contributed by atoms with Crippen LogP contribution in [-0.4, -0.2) is 35.0 Å². The highest BCUT2D eigenvalue weighted by atomic mass is 19.1. The van der Waals surface area contributed by atoms with Crippen molar-refractivity contribution in [3.05, 3.63) is 60.4 Å². The Balaban J connectivity index is 1.83.